The van der Waals surface area contributed by atoms with Crippen molar-refractivity contribution < 1.29 is 4.42 Å². The van der Waals surface area contributed by atoms with E-state index in [-0.39, 0.29) is 5.41 Å². The lowest BCUT2D eigenvalue weighted by molar-refractivity contribution is 0.456. The third-order valence-electron chi connectivity index (χ3n) is 3.02. The Morgan fingerprint density at radius 2 is 2.06 bits per heavy atom. The number of hydrogen-bond donors (Lipinski definition) is 1. The third-order valence-corrected chi connectivity index (χ3v) is 3.02. The largest absolute Gasteiger partial charge is 0.460 e. The summed E-state index contributed by atoms with van der Waals surface area (Å²) in [6.45, 7) is 6.75. The Morgan fingerprint density at radius 3 is 2.67 bits per heavy atom. The maximum absolute atomic E-state index is 5.63. The van der Waals surface area contributed by atoms with Crippen LogP contribution in [0.2, 0.25) is 0 Å². The first-order valence-corrected chi connectivity index (χ1v) is 6.13. The van der Waals surface area contributed by atoms with Crippen molar-refractivity contribution in [1.82, 2.24) is 9.97 Å². The molecule has 0 atom stereocenters. The lowest BCUT2D eigenvalue weighted by atomic mass is 9.88. The number of rotatable bonds is 4. The molecule has 2 rings (SSSR count). The summed E-state index contributed by atoms with van der Waals surface area (Å²) in [6, 6.07) is 5.72. The molecule has 4 nitrogen and oxygen atoms in total. The van der Waals surface area contributed by atoms with Crippen LogP contribution in [0.3, 0.4) is 0 Å². The second-order valence-corrected chi connectivity index (χ2v) is 5.10. The van der Waals surface area contributed by atoms with Gasteiger partial charge in [0.25, 0.3) is 0 Å². The molecule has 0 unspecified atom stereocenters. The molecule has 0 amide bonds. The minimum atomic E-state index is -0.119. The van der Waals surface area contributed by atoms with Crippen LogP contribution in [0.25, 0.3) is 11.5 Å². The van der Waals surface area contributed by atoms with Gasteiger partial charge in [-0.05, 0) is 38.1 Å². The van der Waals surface area contributed by atoms with E-state index in [0.29, 0.717) is 6.54 Å². The Morgan fingerprint density at radius 1 is 1.28 bits per heavy atom. The highest BCUT2D eigenvalue weighted by Gasteiger charge is 2.23. The first-order chi connectivity index (χ1) is 8.53. The predicted octanol–water partition coefficient (Wildman–Crippen LogP) is 2.67. The summed E-state index contributed by atoms with van der Waals surface area (Å²) >= 11 is 0. The van der Waals surface area contributed by atoms with Gasteiger partial charge < -0.3 is 10.2 Å². The molecule has 0 aliphatic heterocycles. The van der Waals surface area contributed by atoms with Crippen molar-refractivity contribution in [1.29, 1.82) is 0 Å². The van der Waals surface area contributed by atoms with Crippen molar-refractivity contribution in [2.75, 3.05) is 6.54 Å². The average Bonchev–Trinajstić information content (AvgIpc) is 2.76. The molecule has 2 aromatic rings. The maximum Gasteiger partial charge on any atom is 0.152 e. The smallest absolute Gasteiger partial charge is 0.152 e. The summed E-state index contributed by atoms with van der Waals surface area (Å²) in [6.07, 6.45) is 2.63. The fourth-order valence-corrected chi connectivity index (χ4v) is 1.87. The van der Waals surface area contributed by atoms with Crippen LogP contribution in [-0.4, -0.2) is 16.5 Å². The molecule has 0 bridgehead atoms. The molecule has 2 aromatic heterocycles. The Hall–Kier alpha value is -1.68. The zero-order valence-corrected chi connectivity index (χ0v) is 11.1. The molecule has 0 spiro atoms. The second kappa shape index (κ2) is 4.90. The van der Waals surface area contributed by atoms with Gasteiger partial charge in [-0.15, -0.1) is 0 Å². The molecule has 4 heteroatoms. The van der Waals surface area contributed by atoms with Crippen molar-refractivity contribution in [3.05, 3.63) is 36.0 Å². The van der Waals surface area contributed by atoms with Gasteiger partial charge in [0.1, 0.15) is 17.3 Å². The predicted molar refractivity (Wildman–Crippen MR) is 71.2 cm³/mol. The molecule has 0 radical (unpaired) electrons. The van der Waals surface area contributed by atoms with E-state index in [9.17, 15) is 0 Å². The van der Waals surface area contributed by atoms with Crippen LogP contribution in [0.15, 0.2) is 28.8 Å². The first-order valence-electron chi connectivity index (χ1n) is 6.13. The number of nitrogens with two attached hydrogens (primary N) is 1. The Balaban J connectivity index is 2.36. The number of aromatic nitrogens is 2. The van der Waals surface area contributed by atoms with Crippen LogP contribution in [-0.2, 0) is 5.41 Å². The van der Waals surface area contributed by atoms with Crippen LogP contribution in [0, 0.1) is 6.92 Å². The van der Waals surface area contributed by atoms with Gasteiger partial charge in [0.2, 0.25) is 0 Å². The van der Waals surface area contributed by atoms with Gasteiger partial charge in [0.15, 0.2) is 5.76 Å². The van der Waals surface area contributed by atoms with Crippen molar-refractivity contribution in [3.63, 3.8) is 0 Å². The van der Waals surface area contributed by atoms with Gasteiger partial charge in [-0.25, -0.2) is 9.97 Å². The van der Waals surface area contributed by atoms with Gasteiger partial charge in [-0.2, -0.15) is 0 Å². The molecule has 0 saturated heterocycles. The molecular weight excluding hydrogens is 226 g/mol. The molecule has 2 heterocycles. The summed E-state index contributed by atoms with van der Waals surface area (Å²) in [5, 5.41) is 0. The number of aryl methyl sites for hydroxylation is 1. The highest BCUT2D eigenvalue weighted by atomic mass is 16.3. The van der Waals surface area contributed by atoms with E-state index >= 15 is 0 Å². The van der Waals surface area contributed by atoms with Crippen LogP contribution in [0.4, 0.5) is 0 Å². The van der Waals surface area contributed by atoms with Crippen LogP contribution >= 0.6 is 0 Å². The second-order valence-electron chi connectivity index (χ2n) is 5.10. The molecule has 0 saturated carbocycles. The third kappa shape index (κ3) is 2.59. The summed E-state index contributed by atoms with van der Waals surface area (Å²) in [7, 11) is 0. The highest BCUT2D eigenvalue weighted by molar-refractivity contribution is 5.51. The summed E-state index contributed by atoms with van der Waals surface area (Å²) in [5.74, 6) is 2.46. The standard InChI is InChI=1S/C14H19N3O/c1-10-4-5-12(18-10)11-6-9-16-13(17-11)14(2,3)7-8-15/h4-6,9H,7-8,15H2,1-3H3. The molecule has 0 aliphatic carbocycles. The van der Waals surface area contributed by atoms with Crippen molar-refractivity contribution >= 4 is 0 Å². The number of nitrogens with zero attached hydrogens (tertiary/aromatic N) is 2. The molecule has 96 valence electrons. The quantitative estimate of drug-likeness (QED) is 0.899. The molecular formula is C14H19N3O. The molecule has 2 N–H and O–H groups in total. The van der Waals surface area contributed by atoms with Gasteiger partial charge >= 0.3 is 0 Å². The van der Waals surface area contributed by atoms with Crippen LogP contribution in [0.1, 0.15) is 31.9 Å². The van der Waals surface area contributed by atoms with Gasteiger partial charge in [-0.1, -0.05) is 13.8 Å². The highest BCUT2D eigenvalue weighted by Crippen LogP contribution is 2.26. The molecule has 0 aromatic carbocycles. The van der Waals surface area contributed by atoms with E-state index in [0.717, 1.165) is 29.5 Å². The van der Waals surface area contributed by atoms with E-state index in [4.69, 9.17) is 10.2 Å². The first kappa shape index (κ1) is 12.8. The zero-order chi connectivity index (χ0) is 13.2. The van der Waals surface area contributed by atoms with E-state index in [1.807, 2.05) is 25.1 Å². The lowest BCUT2D eigenvalue weighted by Crippen LogP contribution is -2.24. The SMILES string of the molecule is Cc1ccc(-c2ccnc(C(C)(C)CCN)n2)o1. The van der Waals surface area contributed by atoms with Gasteiger partial charge in [0, 0.05) is 11.6 Å². The summed E-state index contributed by atoms with van der Waals surface area (Å²) in [5.41, 5.74) is 6.33. The zero-order valence-electron chi connectivity index (χ0n) is 11.1. The van der Waals surface area contributed by atoms with E-state index in [1.165, 1.54) is 0 Å². The normalized spacial score (nSPS) is 11.8. The van der Waals surface area contributed by atoms with Crippen molar-refractivity contribution in [2.45, 2.75) is 32.6 Å². The van der Waals surface area contributed by atoms with Crippen molar-refractivity contribution in [2.24, 2.45) is 5.73 Å². The number of furan rings is 1. The Bertz CT molecular complexity index is 531. The van der Waals surface area contributed by atoms with Gasteiger partial charge in [-0.3, -0.25) is 0 Å². The van der Waals surface area contributed by atoms with E-state index in [1.54, 1.807) is 6.20 Å². The Kier molecular flexibility index (Phi) is 3.48. The fourth-order valence-electron chi connectivity index (χ4n) is 1.87. The molecule has 18 heavy (non-hydrogen) atoms. The van der Waals surface area contributed by atoms with Crippen molar-refractivity contribution in [3.8, 4) is 11.5 Å². The minimum absolute atomic E-state index is 0.119. The Labute approximate surface area is 107 Å². The van der Waals surface area contributed by atoms with Gasteiger partial charge in [0.05, 0.1) is 0 Å². The molecule has 0 aliphatic rings. The average molecular weight is 245 g/mol. The summed E-state index contributed by atoms with van der Waals surface area (Å²) in [4.78, 5) is 8.94. The van der Waals surface area contributed by atoms with E-state index in [2.05, 4.69) is 23.8 Å². The fraction of sp³-hybridized carbons (Fsp3) is 0.429. The minimum Gasteiger partial charge on any atom is -0.460 e. The van der Waals surface area contributed by atoms with Crippen LogP contribution < -0.4 is 5.73 Å². The summed E-state index contributed by atoms with van der Waals surface area (Å²) < 4.78 is 5.58. The number of hydrogen-bond acceptors (Lipinski definition) is 4. The topological polar surface area (TPSA) is 64.9 Å². The van der Waals surface area contributed by atoms with Crippen LogP contribution in [0.5, 0.6) is 0 Å². The lowest BCUT2D eigenvalue weighted by Gasteiger charge is -2.22. The monoisotopic (exact) mass is 245 g/mol. The maximum atomic E-state index is 5.63. The van der Waals surface area contributed by atoms with E-state index < -0.39 is 0 Å². The molecule has 0 fully saturated rings.